The number of aliphatic carboxylic acids is 1. The summed E-state index contributed by atoms with van der Waals surface area (Å²) in [6.07, 6.45) is 2.92. The molecule has 0 radical (unpaired) electrons. The van der Waals surface area contributed by atoms with Gasteiger partial charge in [0.05, 0.1) is 7.11 Å². The number of amides is 2. The number of esters is 1. The number of hydrogen-bond acceptors (Lipinski definition) is 4. The zero-order chi connectivity index (χ0) is 16.3. The molecular formula is C14H26N2O5. The van der Waals surface area contributed by atoms with E-state index in [0.717, 1.165) is 19.3 Å². The van der Waals surface area contributed by atoms with Crippen molar-refractivity contribution in [3.8, 4) is 0 Å². The maximum Gasteiger partial charge on any atom is 0.326 e. The third-order valence-electron chi connectivity index (χ3n) is 2.96. The highest BCUT2D eigenvalue weighted by molar-refractivity contribution is 5.83. The van der Waals surface area contributed by atoms with Gasteiger partial charge in [0.15, 0.2) is 0 Å². The van der Waals surface area contributed by atoms with Crippen LogP contribution in [0.1, 0.15) is 46.0 Å². The van der Waals surface area contributed by atoms with Gasteiger partial charge in [-0.25, -0.2) is 9.59 Å². The van der Waals surface area contributed by atoms with E-state index in [1.165, 1.54) is 7.11 Å². The third-order valence-corrected chi connectivity index (χ3v) is 2.96. The SMILES string of the molecule is COC(=O)CC[C@H](NC(=O)NCCCCC(C)C)C(=O)O. The lowest BCUT2D eigenvalue weighted by Crippen LogP contribution is -2.46. The second-order valence-corrected chi connectivity index (χ2v) is 5.30. The highest BCUT2D eigenvalue weighted by Crippen LogP contribution is 2.05. The molecule has 21 heavy (non-hydrogen) atoms. The summed E-state index contributed by atoms with van der Waals surface area (Å²) in [7, 11) is 1.23. The first-order valence-electron chi connectivity index (χ1n) is 7.20. The van der Waals surface area contributed by atoms with Crippen molar-refractivity contribution in [3.05, 3.63) is 0 Å². The van der Waals surface area contributed by atoms with Gasteiger partial charge in [-0.05, 0) is 18.8 Å². The van der Waals surface area contributed by atoms with Crippen molar-refractivity contribution in [3.63, 3.8) is 0 Å². The zero-order valence-corrected chi connectivity index (χ0v) is 13.0. The zero-order valence-electron chi connectivity index (χ0n) is 13.0. The largest absolute Gasteiger partial charge is 0.480 e. The van der Waals surface area contributed by atoms with Gasteiger partial charge in [0.25, 0.3) is 0 Å². The monoisotopic (exact) mass is 302 g/mol. The summed E-state index contributed by atoms with van der Waals surface area (Å²) in [4.78, 5) is 33.5. The van der Waals surface area contributed by atoms with E-state index in [4.69, 9.17) is 5.11 Å². The van der Waals surface area contributed by atoms with Crippen molar-refractivity contribution in [2.45, 2.75) is 52.0 Å². The number of unbranched alkanes of at least 4 members (excludes halogenated alkanes) is 1. The molecule has 7 heteroatoms. The van der Waals surface area contributed by atoms with Crippen molar-refractivity contribution in [1.29, 1.82) is 0 Å². The molecule has 0 saturated heterocycles. The highest BCUT2D eigenvalue weighted by atomic mass is 16.5. The third kappa shape index (κ3) is 10.6. The summed E-state index contributed by atoms with van der Waals surface area (Å²) >= 11 is 0. The van der Waals surface area contributed by atoms with Crippen LogP contribution in [0.15, 0.2) is 0 Å². The lowest BCUT2D eigenvalue weighted by Gasteiger charge is -2.14. The molecule has 0 fully saturated rings. The molecule has 7 nitrogen and oxygen atoms in total. The van der Waals surface area contributed by atoms with E-state index in [1.807, 2.05) is 0 Å². The van der Waals surface area contributed by atoms with Crippen molar-refractivity contribution in [1.82, 2.24) is 10.6 Å². The highest BCUT2D eigenvalue weighted by Gasteiger charge is 2.20. The van der Waals surface area contributed by atoms with Crippen LogP contribution in [0.5, 0.6) is 0 Å². The molecule has 0 spiro atoms. The van der Waals surface area contributed by atoms with E-state index < -0.39 is 24.0 Å². The lowest BCUT2D eigenvalue weighted by molar-refractivity contribution is -0.142. The van der Waals surface area contributed by atoms with Crippen LogP contribution in [0.2, 0.25) is 0 Å². The van der Waals surface area contributed by atoms with Gasteiger partial charge in [0.2, 0.25) is 0 Å². The number of rotatable bonds is 10. The van der Waals surface area contributed by atoms with Crippen molar-refractivity contribution in [2.75, 3.05) is 13.7 Å². The average Bonchev–Trinajstić information content (AvgIpc) is 2.41. The van der Waals surface area contributed by atoms with Gasteiger partial charge < -0.3 is 20.5 Å². The minimum absolute atomic E-state index is 0.00275. The van der Waals surface area contributed by atoms with Crippen LogP contribution in [-0.4, -0.2) is 42.8 Å². The molecular weight excluding hydrogens is 276 g/mol. The lowest BCUT2D eigenvalue weighted by atomic mass is 10.1. The van der Waals surface area contributed by atoms with E-state index in [2.05, 4.69) is 29.2 Å². The summed E-state index contributed by atoms with van der Waals surface area (Å²) in [5, 5.41) is 13.9. The fraction of sp³-hybridized carbons (Fsp3) is 0.786. The Morgan fingerprint density at radius 3 is 2.33 bits per heavy atom. The molecule has 2 amide bonds. The van der Waals surface area contributed by atoms with Crippen LogP contribution in [0.25, 0.3) is 0 Å². The molecule has 0 aromatic rings. The number of urea groups is 1. The topological polar surface area (TPSA) is 105 Å². The van der Waals surface area contributed by atoms with Crippen LogP contribution in [0.3, 0.4) is 0 Å². The standard InChI is InChI=1S/C14H26N2O5/c1-10(2)6-4-5-9-15-14(20)16-11(13(18)19)7-8-12(17)21-3/h10-11H,4-9H2,1-3H3,(H,18,19)(H2,15,16,20)/t11-/m0/s1. The fourth-order valence-corrected chi connectivity index (χ4v) is 1.71. The summed E-state index contributed by atoms with van der Waals surface area (Å²) in [5.74, 6) is -1.04. The maximum absolute atomic E-state index is 11.6. The molecule has 1 atom stereocenters. The van der Waals surface area contributed by atoms with E-state index in [1.54, 1.807) is 0 Å². The number of hydrogen-bond donors (Lipinski definition) is 3. The molecule has 0 aromatic carbocycles. The molecule has 0 rings (SSSR count). The Hall–Kier alpha value is -1.79. The van der Waals surface area contributed by atoms with Crippen LogP contribution in [0.4, 0.5) is 4.79 Å². The first-order valence-corrected chi connectivity index (χ1v) is 7.20. The summed E-state index contributed by atoms with van der Waals surface area (Å²) in [5.41, 5.74) is 0. The minimum Gasteiger partial charge on any atom is -0.480 e. The van der Waals surface area contributed by atoms with Gasteiger partial charge in [0, 0.05) is 13.0 Å². The fourth-order valence-electron chi connectivity index (χ4n) is 1.71. The number of carbonyl (C=O) groups is 3. The summed E-state index contributed by atoms with van der Waals surface area (Å²) in [6.45, 7) is 4.78. The molecule has 0 aliphatic rings. The van der Waals surface area contributed by atoms with Crippen molar-refractivity contribution < 1.29 is 24.2 Å². The van der Waals surface area contributed by atoms with Gasteiger partial charge in [-0.1, -0.05) is 26.7 Å². The van der Waals surface area contributed by atoms with Crippen molar-refractivity contribution in [2.24, 2.45) is 5.92 Å². The number of carbonyl (C=O) groups excluding carboxylic acids is 2. The average molecular weight is 302 g/mol. The Kier molecular flexibility index (Phi) is 10.0. The molecule has 0 aromatic heterocycles. The second kappa shape index (κ2) is 10.9. The van der Waals surface area contributed by atoms with Gasteiger partial charge >= 0.3 is 18.0 Å². The van der Waals surface area contributed by atoms with Gasteiger partial charge in [-0.15, -0.1) is 0 Å². The molecule has 0 bridgehead atoms. The van der Waals surface area contributed by atoms with Gasteiger partial charge in [0.1, 0.15) is 6.04 Å². The number of carboxylic acid groups (broad SMARTS) is 1. The number of methoxy groups -OCH3 is 1. The van der Waals surface area contributed by atoms with Crippen LogP contribution in [-0.2, 0) is 14.3 Å². The predicted octanol–water partition coefficient (Wildman–Crippen LogP) is 1.52. The van der Waals surface area contributed by atoms with Gasteiger partial charge in [-0.3, -0.25) is 4.79 Å². The second-order valence-electron chi connectivity index (χ2n) is 5.30. The summed E-state index contributed by atoms with van der Waals surface area (Å²) in [6, 6.07) is -1.63. The molecule has 122 valence electrons. The summed E-state index contributed by atoms with van der Waals surface area (Å²) < 4.78 is 4.44. The number of ether oxygens (including phenoxy) is 1. The first kappa shape index (κ1) is 19.2. The minimum atomic E-state index is -1.17. The molecule has 0 saturated carbocycles. The van der Waals surface area contributed by atoms with E-state index >= 15 is 0 Å². The normalized spacial score (nSPS) is 11.8. The van der Waals surface area contributed by atoms with E-state index in [9.17, 15) is 14.4 Å². The Morgan fingerprint density at radius 2 is 1.81 bits per heavy atom. The van der Waals surface area contributed by atoms with Crippen molar-refractivity contribution >= 4 is 18.0 Å². The maximum atomic E-state index is 11.6. The molecule has 0 aliphatic carbocycles. The predicted molar refractivity (Wildman–Crippen MR) is 77.9 cm³/mol. The Labute approximate surface area is 125 Å². The smallest absolute Gasteiger partial charge is 0.326 e. The number of carboxylic acids is 1. The molecule has 0 unspecified atom stereocenters. The Morgan fingerprint density at radius 1 is 1.14 bits per heavy atom. The van der Waals surface area contributed by atoms with Gasteiger partial charge in [-0.2, -0.15) is 0 Å². The van der Waals surface area contributed by atoms with Crippen LogP contribution >= 0.6 is 0 Å². The molecule has 0 heterocycles. The first-order chi connectivity index (χ1) is 9.86. The molecule has 0 aliphatic heterocycles. The Bertz CT molecular complexity index is 344. The molecule has 3 N–H and O–H groups in total. The number of nitrogens with one attached hydrogen (secondary N) is 2. The van der Waals surface area contributed by atoms with E-state index in [0.29, 0.717) is 12.5 Å². The Balaban J connectivity index is 3.95. The van der Waals surface area contributed by atoms with Crippen LogP contribution < -0.4 is 10.6 Å². The van der Waals surface area contributed by atoms with E-state index in [-0.39, 0.29) is 12.8 Å². The quantitative estimate of drug-likeness (QED) is 0.419. The van der Waals surface area contributed by atoms with Crippen LogP contribution in [0, 0.1) is 5.92 Å².